The highest BCUT2D eigenvalue weighted by Crippen LogP contribution is 2.02. The first-order valence-electron chi connectivity index (χ1n) is 3.06. The molecule has 0 radical (unpaired) electrons. The van der Waals surface area contributed by atoms with Gasteiger partial charge in [0.1, 0.15) is 0 Å². The molecule has 1 amide bonds. The molecule has 10 heavy (non-hydrogen) atoms. The minimum Gasteiger partial charge on any atom is -0.364 e. The molecule has 0 heterocycles. The van der Waals surface area contributed by atoms with Gasteiger partial charge in [-0.15, -0.1) is 0 Å². The van der Waals surface area contributed by atoms with Crippen LogP contribution in [0.15, 0.2) is 0 Å². The predicted molar refractivity (Wildman–Crippen MR) is 36.1 cm³/mol. The second-order valence-electron chi connectivity index (χ2n) is 2.52. The molecule has 1 atom stereocenters. The third kappa shape index (κ3) is 3.42. The molecule has 0 aliphatic heterocycles. The molecule has 0 saturated heterocycles. The Morgan fingerprint density at radius 1 is 1.60 bits per heavy atom. The van der Waals surface area contributed by atoms with Crippen LogP contribution in [-0.2, 0) is 4.79 Å². The van der Waals surface area contributed by atoms with Gasteiger partial charge in [-0.25, -0.2) is 0 Å². The number of hydrogen-bond acceptors (Lipinski definition) is 3. The van der Waals surface area contributed by atoms with E-state index in [0.29, 0.717) is 0 Å². The molecular weight excluding hydrogens is 134 g/mol. The molecular formula is C6H13NO3. The second kappa shape index (κ2) is 2.98. The summed E-state index contributed by atoms with van der Waals surface area (Å²) in [6, 6.07) is -0.648. The van der Waals surface area contributed by atoms with Crippen LogP contribution in [0.5, 0.6) is 0 Å². The maximum Gasteiger partial charge on any atom is 0.217 e. The fourth-order valence-corrected chi connectivity index (χ4v) is 0.442. The third-order valence-electron chi connectivity index (χ3n) is 1.24. The lowest BCUT2D eigenvalue weighted by Gasteiger charge is -2.24. The highest BCUT2D eigenvalue weighted by molar-refractivity contribution is 5.73. The van der Waals surface area contributed by atoms with Crippen molar-refractivity contribution in [3.8, 4) is 0 Å². The van der Waals surface area contributed by atoms with Gasteiger partial charge >= 0.3 is 0 Å². The monoisotopic (exact) mass is 147 g/mol. The second-order valence-corrected chi connectivity index (χ2v) is 2.52. The van der Waals surface area contributed by atoms with Crippen LogP contribution in [-0.4, -0.2) is 27.9 Å². The van der Waals surface area contributed by atoms with E-state index in [2.05, 4.69) is 5.32 Å². The first kappa shape index (κ1) is 9.39. The molecule has 0 aliphatic rings. The van der Waals surface area contributed by atoms with Crippen molar-refractivity contribution >= 4 is 5.91 Å². The maximum absolute atomic E-state index is 10.4. The summed E-state index contributed by atoms with van der Waals surface area (Å²) in [6.45, 7) is 4.05. The molecule has 0 bridgehead atoms. The van der Waals surface area contributed by atoms with Crippen molar-refractivity contribution in [2.75, 3.05) is 0 Å². The van der Waals surface area contributed by atoms with Gasteiger partial charge in [0.2, 0.25) is 5.91 Å². The summed E-state index contributed by atoms with van der Waals surface area (Å²) >= 11 is 0. The number of hydrogen-bond donors (Lipinski definition) is 3. The fraction of sp³-hybridized carbons (Fsp3) is 0.833. The van der Waals surface area contributed by atoms with Crippen molar-refractivity contribution in [2.45, 2.75) is 32.6 Å². The van der Waals surface area contributed by atoms with E-state index in [4.69, 9.17) is 10.2 Å². The highest BCUT2D eigenvalue weighted by Gasteiger charge is 2.24. The van der Waals surface area contributed by atoms with E-state index in [0.717, 1.165) is 0 Å². The van der Waals surface area contributed by atoms with Crippen molar-refractivity contribution in [2.24, 2.45) is 0 Å². The lowest BCUT2D eigenvalue weighted by molar-refractivity contribution is -0.167. The third-order valence-corrected chi connectivity index (χ3v) is 1.24. The molecule has 0 aromatic rings. The van der Waals surface area contributed by atoms with Gasteiger partial charge in [0.05, 0.1) is 6.04 Å². The molecule has 3 N–H and O–H groups in total. The molecule has 0 spiro atoms. The molecule has 0 aliphatic carbocycles. The van der Waals surface area contributed by atoms with Crippen LogP contribution in [0.3, 0.4) is 0 Å². The summed E-state index contributed by atoms with van der Waals surface area (Å²) in [4.78, 5) is 10.4. The lowest BCUT2D eigenvalue weighted by Crippen LogP contribution is -2.48. The van der Waals surface area contributed by atoms with E-state index in [9.17, 15) is 4.79 Å². The molecule has 0 fully saturated rings. The number of carbonyl (C=O) groups is 1. The molecule has 0 saturated carbocycles. The fourth-order valence-electron chi connectivity index (χ4n) is 0.442. The quantitative estimate of drug-likeness (QED) is 0.448. The number of nitrogens with one attached hydrogen (secondary N) is 1. The zero-order chi connectivity index (χ0) is 8.36. The highest BCUT2D eigenvalue weighted by atomic mass is 16.5. The predicted octanol–water partition coefficient (Wildman–Crippen LogP) is -0.788. The number of amides is 1. The van der Waals surface area contributed by atoms with Crippen molar-refractivity contribution in [1.29, 1.82) is 0 Å². The van der Waals surface area contributed by atoms with Gasteiger partial charge in [-0.3, -0.25) is 4.79 Å². The largest absolute Gasteiger partial charge is 0.364 e. The Kier molecular flexibility index (Phi) is 2.80. The Labute approximate surface area is 59.9 Å². The van der Waals surface area contributed by atoms with E-state index >= 15 is 0 Å². The Hall–Kier alpha value is -0.610. The van der Waals surface area contributed by atoms with Crippen LogP contribution in [0.2, 0.25) is 0 Å². The zero-order valence-corrected chi connectivity index (χ0v) is 6.38. The average Bonchev–Trinajstić information content (AvgIpc) is 1.60. The Bertz CT molecular complexity index is 127. The van der Waals surface area contributed by atoms with Gasteiger partial charge in [0.25, 0.3) is 0 Å². The summed E-state index contributed by atoms with van der Waals surface area (Å²) in [5, 5.41) is 20.1. The Morgan fingerprint density at radius 3 is 2.10 bits per heavy atom. The number of aliphatic hydroxyl groups is 2. The molecule has 0 rings (SSSR count). The van der Waals surface area contributed by atoms with Crippen LogP contribution >= 0.6 is 0 Å². The minimum absolute atomic E-state index is 0.276. The minimum atomic E-state index is -1.84. The molecule has 0 aromatic carbocycles. The van der Waals surface area contributed by atoms with Crippen LogP contribution in [0.1, 0.15) is 20.8 Å². The molecule has 0 aromatic heterocycles. The summed E-state index contributed by atoms with van der Waals surface area (Å²) in [5.41, 5.74) is 0. The molecule has 60 valence electrons. The van der Waals surface area contributed by atoms with Crippen molar-refractivity contribution in [1.82, 2.24) is 5.32 Å². The van der Waals surface area contributed by atoms with Crippen molar-refractivity contribution < 1.29 is 15.0 Å². The number of rotatable bonds is 2. The first-order chi connectivity index (χ1) is 4.34. The topological polar surface area (TPSA) is 69.6 Å². The van der Waals surface area contributed by atoms with Gasteiger partial charge < -0.3 is 15.5 Å². The van der Waals surface area contributed by atoms with Crippen molar-refractivity contribution in [3.05, 3.63) is 0 Å². The standard InChI is InChI=1S/C6H13NO3/c1-4(6(3,9)10)7-5(2)8/h4,9-10H,1-3H3,(H,7,8)/t4-/m0/s1. The Balaban J connectivity index is 3.85. The van der Waals surface area contributed by atoms with Crippen LogP contribution < -0.4 is 5.32 Å². The van der Waals surface area contributed by atoms with Crippen molar-refractivity contribution in [3.63, 3.8) is 0 Å². The Morgan fingerprint density at radius 2 is 2.00 bits per heavy atom. The average molecular weight is 147 g/mol. The van der Waals surface area contributed by atoms with Crippen LogP contribution in [0, 0.1) is 0 Å². The van der Waals surface area contributed by atoms with Gasteiger partial charge in [0, 0.05) is 6.92 Å². The van der Waals surface area contributed by atoms with Gasteiger partial charge in [-0.05, 0) is 13.8 Å². The van der Waals surface area contributed by atoms with Gasteiger partial charge in [-0.2, -0.15) is 0 Å². The van der Waals surface area contributed by atoms with Gasteiger partial charge in [0.15, 0.2) is 5.79 Å². The summed E-state index contributed by atoms with van der Waals surface area (Å²) in [5.74, 6) is -2.12. The summed E-state index contributed by atoms with van der Waals surface area (Å²) in [7, 11) is 0. The molecule has 0 unspecified atom stereocenters. The van der Waals surface area contributed by atoms with E-state index in [-0.39, 0.29) is 5.91 Å². The summed E-state index contributed by atoms with van der Waals surface area (Å²) in [6.07, 6.45) is 0. The smallest absolute Gasteiger partial charge is 0.217 e. The van der Waals surface area contributed by atoms with E-state index in [1.165, 1.54) is 20.8 Å². The van der Waals surface area contributed by atoms with Crippen LogP contribution in [0.25, 0.3) is 0 Å². The zero-order valence-electron chi connectivity index (χ0n) is 6.38. The number of carbonyl (C=O) groups excluding carboxylic acids is 1. The lowest BCUT2D eigenvalue weighted by atomic mass is 10.1. The maximum atomic E-state index is 10.4. The van der Waals surface area contributed by atoms with E-state index in [1.54, 1.807) is 0 Å². The van der Waals surface area contributed by atoms with E-state index in [1.807, 2.05) is 0 Å². The molecule has 4 nitrogen and oxygen atoms in total. The van der Waals surface area contributed by atoms with Gasteiger partial charge in [-0.1, -0.05) is 0 Å². The first-order valence-corrected chi connectivity index (χ1v) is 3.06. The van der Waals surface area contributed by atoms with Crippen LogP contribution in [0.4, 0.5) is 0 Å². The van der Waals surface area contributed by atoms with E-state index < -0.39 is 11.8 Å². The molecule has 4 heteroatoms. The summed E-state index contributed by atoms with van der Waals surface area (Å²) < 4.78 is 0. The normalized spacial score (nSPS) is 14.5. The SMILES string of the molecule is CC(=O)N[C@@H](C)C(C)(O)O.